The van der Waals surface area contributed by atoms with E-state index < -0.39 is 77.5 Å². The van der Waals surface area contributed by atoms with Crippen molar-refractivity contribution in [1.29, 1.82) is 0 Å². The fourth-order valence-electron chi connectivity index (χ4n) is 5.47. The van der Waals surface area contributed by atoms with Crippen LogP contribution in [0.25, 0.3) is 22.3 Å². The van der Waals surface area contributed by atoms with Gasteiger partial charge in [0.2, 0.25) is 0 Å². The summed E-state index contributed by atoms with van der Waals surface area (Å²) in [5, 5.41) is 0. The topological polar surface area (TPSA) is 216 Å². The fourth-order valence-corrected chi connectivity index (χ4v) is 7.82. The van der Waals surface area contributed by atoms with Crippen LogP contribution in [0.5, 0.6) is 0 Å². The summed E-state index contributed by atoms with van der Waals surface area (Å²) in [5.41, 5.74) is 13.1. The van der Waals surface area contributed by atoms with Crippen molar-refractivity contribution in [1.82, 2.24) is 34.1 Å². The number of nitrogen functional groups attached to an aromatic ring is 2. The van der Waals surface area contributed by atoms with E-state index in [0.717, 1.165) is 14.2 Å². The Labute approximate surface area is 248 Å². The number of aromatic nitrogens is 7. The van der Waals surface area contributed by atoms with Gasteiger partial charge in [-0.25, -0.2) is 33.7 Å². The van der Waals surface area contributed by atoms with E-state index in [1.165, 1.54) is 34.3 Å². The standard InChI is InChI=1S/C22H26BF2N9O8P2/c1-43(35)37-4-10-17(13(25)22(39-10)34-8-32-15-18(27)29-6-30-20(15)34)42-44(23,36)38-5-11-16(41-43)12(24)21(40-11)33-7-31-14-9(26)2-3-28-19(14)33/h2-3,6-8,10-13,16-17,21-22H,4-5,23H2,1H3,(H2,26,28)(H2,27,29,30)/t10-,11-,12-,13-,16-,17-,21-,22-,43-,44+/m1/s1. The number of hydrogen-bond acceptors (Lipinski definition) is 15. The number of nitrogens with zero attached hydrogens (tertiary/aromatic N) is 7. The quantitative estimate of drug-likeness (QED) is 0.230. The lowest BCUT2D eigenvalue weighted by Crippen LogP contribution is -2.37. The number of ether oxygens (including phenoxy) is 2. The van der Waals surface area contributed by atoms with Crippen molar-refractivity contribution >= 4 is 56.5 Å². The van der Waals surface area contributed by atoms with Gasteiger partial charge in [0.1, 0.15) is 41.8 Å². The molecular weight excluding hydrogens is 629 g/mol. The molecule has 0 aliphatic carbocycles. The molecule has 3 fully saturated rings. The highest BCUT2D eigenvalue weighted by Crippen LogP contribution is 2.54. The van der Waals surface area contributed by atoms with E-state index in [2.05, 4.69) is 24.9 Å². The molecule has 0 radical (unpaired) electrons. The second-order valence-electron chi connectivity index (χ2n) is 10.6. The Hall–Kier alpha value is -3.09. The van der Waals surface area contributed by atoms with Crippen molar-refractivity contribution in [3.63, 3.8) is 0 Å². The van der Waals surface area contributed by atoms with Crippen LogP contribution in [0.4, 0.5) is 20.3 Å². The summed E-state index contributed by atoms with van der Waals surface area (Å²) in [5.74, 6) is 0.0755. The molecule has 7 heterocycles. The smallest absolute Gasteiger partial charge is 0.328 e. The van der Waals surface area contributed by atoms with E-state index in [4.69, 9.17) is 39.0 Å². The van der Waals surface area contributed by atoms with Crippen LogP contribution in [0.15, 0.2) is 31.2 Å². The third-order valence-electron chi connectivity index (χ3n) is 7.53. The van der Waals surface area contributed by atoms with E-state index in [0.29, 0.717) is 11.2 Å². The maximum Gasteiger partial charge on any atom is 0.328 e. The zero-order valence-electron chi connectivity index (χ0n) is 23.1. The van der Waals surface area contributed by atoms with Crippen LogP contribution < -0.4 is 11.5 Å². The van der Waals surface area contributed by atoms with E-state index in [1.807, 2.05) is 0 Å². The molecule has 3 aliphatic rings. The fraction of sp³-hybridized carbons (Fsp3) is 0.500. The van der Waals surface area contributed by atoms with Gasteiger partial charge in [0.15, 0.2) is 41.9 Å². The molecule has 4 aromatic rings. The largest absolute Gasteiger partial charge is 0.397 e. The van der Waals surface area contributed by atoms with E-state index in [9.17, 15) is 9.13 Å². The molecule has 0 aromatic carbocycles. The first-order valence-corrected chi connectivity index (χ1v) is 17.3. The normalized spacial score (nSPS) is 38.2. The summed E-state index contributed by atoms with van der Waals surface area (Å²) in [6.45, 7) is 0.0697. The molecule has 4 aromatic heterocycles. The number of fused-ring (bicyclic) bond motifs is 4. The van der Waals surface area contributed by atoms with Crippen LogP contribution in [0, 0.1) is 0 Å². The number of alkyl halides is 2. The maximum absolute atomic E-state index is 16.0. The highest BCUT2D eigenvalue weighted by Gasteiger charge is 2.54. The number of imidazole rings is 2. The number of nitrogens with two attached hydrogens (primary N) is 2. The average molecular weight is 655 g/mol. The Kier molecular flexibility index (Phi) is 7.25. The molecule has 44 heavy (non-hydrogen) atoms. The van der Waals surface area contributed by atoms with E-state index in [1.54, 1.807) is 6.07 Å². The van der Waals surface area contributed by atoms with Gasteiger partial charge in [-0.15, -0.1) is 0 Å². The molecule has 22 heteroatoms. The van der Waals surface area contributed by atoms with Gasteiger partial charge in [-0.05, 0) is 6.07 Å². The van der Waals surface area contributed by atoms with Crippen molar-refractivity contribution in [2.24, 2.45) is 0 Å². The van der Waals surface area contributed by atoms with Crippen LogP contribution >= 0.6 is 15.1 Å². The number of rotatable bonds is 2. The lowest BCUT2D eigenvalue weighted by atomic mass is 10.1. The minimum atomic E-state index is -4.05. The van der Waals surface area contributed by atoms with Gasteiger partial charge in [0, 0.05) is 12.9 Å². The molecule has 4 N–H and O–H groups in total. The van der Waals surface area contributed by atoms with Crippen LogP contribution in [0.2, 0.25) is 0 Å². The first-order valence-electron chi connectivity index (χ1n) is 13.3. The van der Waals surface area contributed by atoms with E-state index >= 15 is 8.78 Å². The minimum absolute atomic E-state index is 0.0755. The molecule has 17 nitrogen and oxygen atoms in total. The first-order chi connectivity index (χ1) is 20.9. The summed E-state index contributed by atoms with van der Waals surface area (Å²) in [6, 6.07) is 1.54. The molecule has 3 saturated heterocycles. The Morgan fingerprint density at radius 1 is 0.864 bits per heavy atom. The minimum Gasteiger partial charge on any atom is -0.397 e. The average Bonchev–Trinajstić information content (AvgIpc) is 3.73. The Bertz CT molecular complexity index is 1700. The zero-order valence-corrected chi connectivity index (χ0v) is 24.9. The molecule has 0 spiro atoms. The maximum atomic E-state index is 16.0. The summed E-state index contributed by atoms with van der Waals surface area (Å²) < 4.78 is 95.9. The summed E-state index contributed by atoms with van der Waals surface area (Å²) in [7, 11) is -6.97. The predicted octanol–water partition coefficient (Wildman–Crippen LogP) is 1.29. The van der Waals surface area contributed by atoms with Gasteiger partial charge in [0.05, 0.1) is 31.6 Å². The molecule has 3 aliphatic heterocycles. The molecule has 234 valence electrons. The SMILES string of the molecule is B[P@]1(=O)OC[C@H]2O[C@@H](n3cnc4c(N)ccnc43)[C@H](F)[C@@H]2O[P@](C)(=O)OC[C@H]2O[C@@H](n3cnc4c(N)ncnc43)[C@H](F)[C@@H]2O1. The molecular formula is C22H26BF2N9O8P2. The van der Waals surface area contributed by atoms with E-state index in [-0.39, 0.29) is 22.6 Å². The van der Waals surface area contributed by atoms with Gasteiger partial charge in [0.25, 0.3) is 15.0 Å². The number of anilines is 2. The van der Waals surface area contributed by atoms with Gasteiger partial charge < -0.3 is 34.5 Å². The highest BCUT2D eigenvalue weighted by atomic mass is 31.2. The third kappa shape index (κ3) is 5.08. The lowest BCUT2D eigenvalue weighted by Gasteiger charge is -2.29. The van der Waals surface area contributed by atoms with Crippen LogP contribution in [-0.2, 0) is 36.7 Å². The van der Waals surface area contributed by atoms with Gasteiger partial charge >= 0.3 is 7.60 Å². The molecule has 0 unspecified atom stereocenters. The van der Waals surface area contributed by atoms with Crippen molar-refractivity contribution in [2.45, 2.75) is 49.2 Å². The lowest BCUT2D eigenvalue weighted by molar-refractivity contribution is -0.0556. The Morgan fingerprint density at radius 3 is 2.14 bits per heavy atom. The number of pyridine rings is 1. The molecule has 0 bridgehead atoms. The third-order valence-corrected chi connectivity index (χ3v) is 10.0. The second kappa shape index (κ2) is 10.8. The summed E-state index contributed by atoms with van der Waals surface area (Å²) in [6.07, 6.45) is -6.92. The monoisotopic (exact) mass is 655 g/mol. The van der Waals surface area contributed by atoms with Gasteiger partial charge in [-0.1, -0.05) is 0 Å². The Morgan fingerprint density at radius 2 is 1.45 bits per heavy atom. The van der Waals surface area contributed by atoms with Crippen molar-refractivity contribution in [3.05, 3.63) is 31.2 Å². The molecule has 0 amide bonds. The van der Waals surface area contributed by atoms with Crippen molar-refractivity contribution < 1.29 is 45.5 Å². The van der Waals surface area contributed by atoms with Gasteiger partial charge in [-0.2, -0.15) is 0 Å². The first kappa shape index (κ1) is 29.6. The number of halogens is 2. The second-order valence-corrected chi connectivity index (χ2v) is 14.6. The van der Waals surface area contributed by atoms with Crippen LogP contribution in [0.1, 0.15) is 12.5 Å². The van der Waals surface area contributed by atoms with Crippen LogP contribution in [0.3, 0.4) is 0 Å². The summed E-state index contributed by atoms with van der Waals surface area (Å²) in [4.78, 5) is 20.5. The summed E-state index contributed by atoms with van der Waals surface area (Å²) >= 11 is 0. The molecule has 0 saturated carbocycles. The zero-order chi connectivity index (χ0) is 31.0. The van der Waals surface area contributed by atoms with Crippen LogP contribution in [-0.4, -0.2) is 98.3 Å². The highest BCUT2D eigenvalue weighted by molar-refractivity contribution is 7.79. The van der Waals surface area contributed by atoms with Crippen molar-refractivity contribution in [3.8, 4) is 0 Å². The van der Waals surface area contributed by atoms with Crippen molar-refractivity contribution in [2.75, 3.05) is 31.3 Å². The molecule has 7 rings (SSSR count). The predicted molar refractivity (Wildman–Crippen MR) is 151 cm³/mol. The number of hydrogen-bond donors (Lipinski definition) is 2. The van der Waals surface area contributed by atoms with Gasteiger partial charge in [-0.3, -0.25) is 22.8 Å². The Balaban J connectivity index is 1.17. The molecule has 10 atom stereocenters.